The standard InChI is InChI=1S/C27H24N2/c1-17-14-25(28-16-23(17)19-8-6-5-7-9-19)20-11-13-24-22(15-20)21-12-10-18(2)29-26(21)27(24,3)4/h5-16H,1-4H3. The quantitative estimate of drug-likeness (QED) is 0.387. The highest BCUT2D eigenvalue weighted by atomic mass is 14.7. The third-order valence-corrected chi connectivity index (χ3v) is 6.10. The van der Waals surface area contributed by atoms with Crippen molar-refractivity contribution in [3.05, 3.63) is 95.4 Å². The molecule has 4 aromatic rings. The molecule has 0 N–H and O–H groups in total. The van der Waals surface area contributed by atoms with Crippen molar-refractivity contribution >= 4 is 0 Å². The van der Waals surface area contributed by atoms with Crippen molar-refractivity contribution in [2.45, 2.75) is 33.1 Å². The van der Waals surface area contributed by atoms with Crippen LogP contribution < -0.4 is 0 Å². The highest BCUT2D eigenvalue weighted by Gasteiger charge is 2.37. The number of benzene rings is 2. The summed E-state index contributed by atoms with van der Waals surface area (Å²) in [5, 5.41) is 0. The summed E-state index contributed by atoms with van der Waals surface area (Å²) in [4.78, 5) is 9.67. The average molecular weight is 377 g/mol. The molecule has 142 valence electrons. The van der Waals surface area contributed by atoms with Gasteiger partial charge in [0.05, 0.1) is 11.4 Å². The Balaban J connectivity index is 1.61. The molecule has 0 saturated carbocycles. The second kappa shape index (κ2) is 6.38. The van der Waals surface area contributed by atoms with Gasteiger partial charge in [-0.1, -0.05) is 62.4 Å². The van der Waals surface area contributed by atoms with Crippen LogP contribution in [0.5, 0.6) is 0 Å². The zero-order valence-electron chi connectivity index (χ0n) is 17.3. The Kier molecular flexibility index (Phi) is 3.92. The summed E-state index contributed by atoms with van der Waals surface area (Å²) in [6.45, 7) is 8.75. The summed E-state index contributed by atoms with van der Waals surface area (Å²) >= 11 is 0. The fraction of sp³-hybridized carbons (Fsp3) is 0.185. The van der Waals surface area contributed by atoms with Gasteiger partial charge >= 0.3 is 0 Å². The van der Waals surface area contributed by atoms with Gasteiger partial charge in [-0.2, -0.15) is 0 Å². The van der Waals surface area contributed by atoms with E-state index in [-0.39, 0.29) is 5.41 Å². The molecule has 0 amide bonds. The Bertz CT molecular complexity index is 1240. The van der Waals surface area contributed by atoms with Crippen LogP contribution in [0.1, 0.15) is 36.4 Å². The maximum Gasteiger partial charge on any atom is 0.0705 e. The fourth-order valence-corrected chi connectivity index (χ4v) is 4.48. The molecular formula is C27H24N2. The van der Waals surface area contributed by atoms with E-state index in [1.165, 1.54) is 39.1 Å². The van der Waals surface area contributed by atoms with E-state index in [9.17, 15) is 0 Å². The zero-order chi connectivity index (χ0) is 20.2. The van der Waals surface area contributed by atoms with Gasteiger partial charge in [0.1, 0.15) is 0 Å². The van der Waals surface area contributed by atoms with E-state index in [2.05, 4.69) is 88.4 Å². The van der Waals surface area contributed by atoms with Gasteiger partial charge in [0, 0.05) is 34.0 Å². The zero-order valence-corrected chi connectivity index (χ0v) is 17.3. The van der Waals surface area contributed by atoms with Crippen molar-refractivity contribution in [3.8, 4) is 33.5 Å². The third-order valence-electron chi connectivity index (χ3n) is 6.10. The van der Waals surface area contributed by atoms with E-state index >= 15 is 0 Å². The van der Waals surface area contributed by atoms with Crippen LogP contribution in [0.15, 0.2) is 72.9 Å². The molecule has 29 heavy (non-hydrogen) atoms. The van der Waals surface area contributed by atoms with Crippen LogP contribution in [0.4, 0.5) is 0 Å². The molecule has 0 radical (unpaired) electrons. The molecule has 1 aliphatic carbocycles. The van der Waals surface area contributed by atoms with Crippen LogP contribution in [-0.4, -0.2) is 9.97 Å². The van der Waals surface area contributed by atoms with Crippen molar-refractivity contribution in [1.82, 2.24) is 9.97 Å². The molecule has 0 atom stereocenters. The van der Waals surface area contributed by atoms with Gasteiger partial charge in [0.25, 0.3) is 0 Å². The largest absolute Gasteiger partial charge is 0.257 e. The molecule has 2 aromatic heterocycles. The van der Waals surface area contributed by atoms with Gasteiger partial charge in [-0.15, -0.1) is 0 Å². The Hall–Kier alpha value is -3.26. The number of nitrogens with zero attached hydrogens (tertiary/aromatic N) is 2. The minimum Gasteiger partial charge on any atom is -0.257 e. The number of pyridine rings is 2. The van der Waals surface area contributed by atoms with E-state index in [4.69, 9.17) is 9.97 Å². The highest BCUT2D eigenvalue weighted by molar-refractivity contribution is 5.83. The molecule has 0 unspecified atom stereocenters. The van der Waals surface area contributed by atoms with Crippen LogP contribution in [0.3, 0.4) is 0 Å². The van der Waals surface area contributed by atoms with Gasteiger partial charge in [0.15, 0.2) is 0 Å². The van der Waals surface area contributed by atoms with E-state index in [0.717, 1.165) is 17.0 Å². The minimum atomic E-state index is -0.0737. The van der Waals surface area contributed by atoms with Gasteiger partial charge < -0.3 is 0 Å². The number of rotatable bonds is 2. The number of fused-ring (bicyclic) bond motifs is 3. The summed E-state index contributed by atoms with van der Waals surface area (Å²) < 4.78 is 0. The van der Waals surface area contributed by atoms with Gasteiger partial charge in [0.2, 0.25) is 0 Å². The minimum absolute atomic E-state index is 0.0737. The maximum absolute atomic E-state index is 4.87. The molecule has 2 heteroatoms. The molecule has 0 aliphatic heterocycles. The summed E-state index contributed by atoms with van der Waals surface area (Å²) in [6, 6.07) is 23.7. The van der Waals surface area contributed by atoms with Gasteiger partial charge in [-0.3, -0.25) is 9.97 Å². The van der Waals surface area contributed by atoms with Crippen LogP contribution in [0.25, 0.3) is 33.5 Å². The van der Waals surface area contributed by atoms with Crippen molar-refractivity contribution in [2.24, 2.45) is 0 Å². The van der Waals surface area contributed by atoms with Crippen molar-refractivity contribution < 1.29 is 0 Å². The van der Waals surface area contributed by atoms with Crippen LogP contribution in [-0.2, 0) is 5.41 Å². The second-order valence-corrected chi connectivity index (χ2v) is 8.48. The van der Waals surface area contributed by atoms with Crippen molar-refractivity contribution in [1.29, 1.82) is 0 Å². The first-order valence-corrected chi connectivity index (χ1v) is 10.1. The molecular weight excluding hydrogens is 352 g/mol. The van der Waals surface area contributed by atoms with E-state index in [1.807, 2.05) is 12.3 Å². The van der Waals surface area contributed by atoms with Crippen molar-refractivity contribution in [3.63, 3.8) is 0 Å². The van der Waals surface area contributed by atoms with Gasteiger partial charge in [-0.05, 0) is 54.3 Å². The smallest absolute Gasteiger partial charge is 0.0705 e. The SMILES string of the molecule is Cc1ccc2c(n1)C(C)(C)c1ccc(-c3cc(C)c(-c4ccccc4)cn3)cc1-2. The van der Waals surface area contributed by atoms with E-state index in [0.29, 0.717) is 0 Å². The predicted molar refractivity (Wildman–Crippen MR) is 120 cm³/mol. The first-order valence-electron chi connectivity index (χ1n) is 10.1. The fourth-order valence-electron chi connectivity index (χ4n) is 4.48. The molecule has 0 saturated heterocycles. The summed E-state index contributed by atoms with van der Waals surface area (Å²) in [7, 11) is 0. The number of aryl methyl sites for hydroxylation is 2. The van der Waals surface area contributed by atoms with E-state index in [1.54, 1.807) is 0 Å². The molecule has 1 aliphatic rings. The molecule has 2 heterocycles. The molecule has 0 fully saturated rings. The van der Waals surface area contributed by atoms with Crippen LogP contribution in [0.2, 0.25) is 0 Å². The van der Waals surface area contributed by atoms with E-state index < -0.39 is 0 Å². The summed E-state index contributed by atoms with van der Waals surface area (Å²) in [5.74, 6) is 0. The number of hydrogen-bond acceptors (Lipinski definition) is 2. The lowest BCUT2D eigenvalue weighted by Gasteiger charge is -2.20. The predicted octanol–water partition coefficient (Wildman–Crippen LogP) is 6.73. The first kappa shape index (κ1) is 17.8. The molecule has 0 bridgehead atoms. The monoisotopic (exact) mass is 376 g/mol. The van der Waals surface area contributed by atoms with Crippen LogP contribution in [0, 0.1) is 13.8 Å². The second-order valence-electron chi connectivity index (χ2n) is 8.48. The topological polar surface area (TPSA) is 25.8 Å². The summed E-state index contributed by atoms with van der Waals surface area (Å²) in [6.07, 6.45) is 2.00. The van der Waals surface area contributed by atoms with Gasteiger partial charge in [-0.25, -0.2) is 0 Å². The highest BCUT2D eigenvalue weighted by Crippen LogP contribution is 2.48. The number of hydrogen-bond donors (Lipinski definition) is 0. The maximum atomic E-state index is 4.87. The first-order chi connectivity index (χ1) is 13.9. The average Bonchev–Trinajstić information content (AvgIpc) is 2.95. The van der Waals surface area contributed by atoms with Crippen LogP contribution >= 0.6 is 0 Å². The lowest BCUT2D eigenvalue weighted by Crippen LogP contribution is -2.17. The molecule has 2 aromatic carbocycles. The molecule has 5 rings (SSSR count). The molecule has 0 spiro atoms. The Labute approximate surface area is 172 Å². The lowest BCUT2D eigenvalue weighted by molar-refractivity contribution is 0.634. The molecule has 2 nitrogen and oxygen atoms in total. The normalized spacial score (nSPS) is 13.8. The Morgan fingerprint density at radius 2 is 1.52 bits per heavy atom. The Morgan fingerprint density at radius 1 is 0.724 bits per heavy atom. The Morgan fingerprint density at radius 3 is 2.28 bits per heavy atom. The van der Waals surface area contributed by atoms with Crippen molar-refractivity contribution in [2.75, 3.05) is 0 Å². The number of aromatic nitrogens is 2. The third kappa shape index (κ3) is 2.79. The lowest BCUT2D eigenvalue weighted by atomic mass is 9.85. The summed E-state index contributed by atoms with van der Waals surface area (Å²) in [5.41, 5.74) is 11.8.